The molecule has 108 valence electrons. The number of benzene rings is 1. The van der Waals surface area contributed by atoms with Gasteiger partial charge in [-0.05, 0) is 38.6 Å². The number of hydrogen-bond donors (Lipinski definition) is 1. The maximum atomic E-state index is 6.09. The minimum atomic E-state index is 0.529. The van der Waals surface area contributed by atoms with E-state index in [-0.39, 0.29) is 0 Å². The Morgan fingerprint density at radius 1 is 1.35 bits per heavy atom. The highest BCUT2D eigenvalue weighted by Gasteiger charge is 2.11. The van der Waals surface area contributed by atoms with Crippen LogP contribution in [0, 0.1) is 0 Å². The predicted molar refractivity (Wildman–Crippen MR) is 83.9 cm³/mol. The monoisotopic (exact) mass is 273 g/mol. The van der Waals surface area contributed by atoms with Gasteiger partial charge >= 0.3 is 0 Å². The lowest BCUT2D eigenvalue weighted by atomic mass is 10.1. The first-order valence-electron chi connectivity index (χ1n) is 6.98. The number of fused-ring (bicyclic) bond motifs is 1. The first-order valence-corrected chi connectivity index (χ1v) is 6.98. The van der Waals surface area contributed by atoms with E-state index in [1.807, 2.05) is 18.2 Å². The molecule has 2 aromatic rings. The third-order valence-electron chi connectivity index (χ3n) is 3.90. The van der Waals surface area contributed by atoms with E-state index in [1.54, 1.807) is 7.11 Å². The van der Waals surface area contributed by atoms with Gasteiger partial charge in [-0.2, -0.15) is 0 Å². The molecule has 0 saturated carbocycles. The van der Waals surface area contributed by atoms with E-state index in [0.29, 0.717) is 11.9 Å². The third kappa shape index (κ3) is 3.02. The summed E-state index contributed by atoms with van der Waals surface area (Å²) in [4.78, 5) is 6.79. The highest BCUT2D eigenvalue weighted by atomic mass is 16.5. The molecule has 4 heteroatoms. The molecular weight excluding hydrogens is 250 g/mol. The molecule has 1 unspecified atom stereocenters. The Balaban J connectivity index is 2.33. The summed E-state index contributed by atoms with van der Waals surface area (Å²) >= 11 is 0. The lowest BCUT2D eigenvalue weighted by Crippen LogP contribution is -2.28. The number of methoxy groups -OCH3 is 1. The summed E-state index contributed by atoms with van der Waals surface area (Å²) in [6.07, 6.45) is 1.12. The lowest BCUT2D eigenvalue weighted by Gasteiger charge is -2.24. The maximum Gasteiger partial charge on any atom is 0.128 e. The van der Waals surface area contributed by atoms with E-state index in [0.717, 1.165) is 35.2 Å². The second kappa shape index (κ2) is 6.09. The average molecular weight is 273 g/mol. The summed E-state index contributed by atoms with van der Waals surface area (Å²) in [5.74, 6) is 1.40. The van der Waals surface area contributed by atoms with E-state index >= 15 is 0 Å². The molecule has 0 aliphatic heterocycles. The molecule has 1 aromatic carbocycles. The van der Waals surface area contributed by atoms with Crippen LogP contribution in [0.1, 0.15) is 25.8 Å². The number of rotatable bonds is 5. The summed E-state index contributed by atoms with van der Waals surface area (Å²) in [5.41, 5.74) is 8.04. The van der Waals surface area contributed by atoms with Crippen molar-refractivity contribution >= 4 is 16.7 Å². The molecule has 1 atom stereocenters. The molecule has 0 fully saturated rings. The summed E-state index contributed by atoms with van der Waals surface area (Å²) in [5, 5.41) is 1.09. The highest BCUT2D eigenvalue weighted by molar-refractivity contribution is 5.82. The largest absolute Gasteiger partial charge is 0.497 e. The molecule has 1 heterocycles. The van der Waals surface area contributed by atoms with Gasteiger partial charge in [-0.3, -0.25) is 4.90 Å². The van der Waals surface area contributed by atoms with Crippen molar-refractivity contribution in [2.24, 2.45) is 0 Å². The van der Waals surface area contributed by atoms with Gasteiger partial charge in [0.15, 0.2) is 0 Å². The second-order valence-corrected chi connectivity index (χ2v) is 5.26. The first-order chi connectivity index (χ1) is 9.55. The minimum absolute atomic E-state index is 0.529. The summed E-state index contributed by atoms with van der Waals surface area (Å²) < 4.78 is 5.21. The zero-order valence-corrected chi connectivity index (χ0v) is 12.7. The van der Waals surface area contributed by atoms with E-state index in [9.17, 15) is 0 Å². The van der Waals surface area contributed by atoms with Crippen LogP contribution in [-0.2, 0) is 6.54 Å². The first kappa shape index (κ1) is 14.6. The quantitative estimate of drug-likeness (QED) is 0.909. The minimum Gasteiger partial charge on any atom is -0.497 e. The SMILES string of the molecule is CCC(C)N(C)Cc1cc2ccc(OC)cc2nc1N. The van der Waals surface area contributed by atoms with Crippen LogP contribution in [0.3, 0.4) is 0 Å². The number of nitrogens with two attached hydrogens (primary N) is 1. The molecule has 0 spiro atoms. The molecule has 0 aliphatic rings. The summed E-state index contributed by atoms with van der Waals surface area (Å²) in [6, 6.07) is 8.53. The average Bonchev–Trinajstić information content (AvgIpc) is 2.46. The van der Waals surface area contributed by atoms with Gasteiger partial charge in [0.1, 0.15) is 11.6 Å². The van der Waals surface area contributed by atoms with Gasteiger partial charge in [-0.15, -0.1) is 0 Å². The van der Waals surface area contributed by atoms with Gasteiger partial charge in [-0.1, -0.05) is 6.92 Å². The number of ether oxygens (including phenoxy) is 1. The van der Waals surface area contributed by atoms with Crippen molar-refractivity contribution in [3.63, 3.8) is 0 Å². The smallest absolute Gasteiger partial charge is 0.128 e. The van der Waals surface area contributed by atoms with Crippen molar-refractivity contribution in [2.75, 3.05) is 19.9 Å². The number of nitrogen functional groups attached to an aromatic ring is 1. The van der Waals surface area contributed by atoms with Crippen LogP contribution in [0.4, 0.5) is 5.82 Å². The Labute approximate surface area is 120 Å². The maximum absolute atomic E-state index is 6.09. The van der Waals surface area contributed by atoms with Crippen molar-refractivity contribution in [1.29, 1.82) is 0 Å². The zero-order chi connectivity index (χ0) is 14.7. The van der Waals surface area contributed by atoms with E-state index in [1.165, 1.54) is 0 Å². The molecule has 0 aliphatic carbocycles. The van der Waals surface area contributed by atoms with Crippen LogP contribution in [0.5, 0.6) is 5.75 Å². The summed E-state index contributed by atoms with van der Waals surface area (Å²) in [6.45, 7) is 5.22. The van der Waals surface area contributed by atoms with E-state index in [2.05, 4.69) is 36.8 Å². The number of aromatic nitrogens is 1. The molecule has 2 N–H and O–H groups in total. The zero-order valence-electron chi connectivity index (χ0n) is 12.7. The number of nitrogens with zero attached hydrogens (tertiary/aromatic N) is 2. The van der Waals surface area contributed by atoms with Crippen LogP contribution in [-0.4, -0.2) is 30.1 Å². The predicted octanol–water partition coefficient (Wildman–Crippen LogP) is 3.06. The van der Waals surface area contributed by atoms with Gasteiger partial charge < -0.3 is 10.5 Å². The van der Waals surface area contributed by atoms with Crippen molar-refractivity contribution in [3.8, 4) is 5.75 Å². The molecule has 0 radical (unpaired) electrons. The topological polar surface area (TPSA) is 51.4 Å². The molecule has 2 rings (SSSR count). The van der Waals surface area contributed by atoms with Crippen LogP contribution in [0.25, 0.3) is 10.9 Å². The molecule has 20 heavy (non-hydrogen) atoms. The third-order valence-corrected chi connectivity index (χ3v) is 3.90. The van der Waals surface area contributed by atoms with Gasteiger partial charge in [0.2, 0.25) is 0 Å². The highest BCUT2D eigenvalue weighted by Crippen LogP contribution is 2.24. The number of hydrogen-bond acceptors (Lipinski definition) is 4. The molecule has 1 aromatic heterocycles. The van der Waals surface area contributed by atoms with Gasteiger partial charge in [0, 0.05) is 29.6 Å². The Bertz CT molecular complexity index is 598. The Morgan fingerprint density at radius 3 is 2.75 bits per heavy atom. The molecule has 0 saturated heterocycles. The van der Waals surface area contributed by atoms with Crippen LogP contribution in [0.15, 0.2) is 24.3 Å². The van der Waals surface area contributed by atoms with Crippen molar-refractivity contribution in [1.82, 2.24) is 9.88 Å². The summed E-state index contributed by atoms with van der Waals surface area (Å²) in [7, 11) is 3.77. The second-order valence-electron chi connectivity index (χ2n) is 5.26. The number of pyridine rings is 1. The lowest BCUT2D eigenvalue weighted by molar-refractivity contribution is 0.244. The molecule has 4 nitrogen and oxygen atoms in total. The van der Waals surface area contributed by atoms with Gasteiger partial charge in [0.25, 0.3) is 0 Å². The Morgan fingerprint density at radius 2 is 2.10 bits per heavy atom. The van der Waals surface area contributed by atoms with Crippen molar-refractivity contribution < 1.29 is 4.74 Å². The van der Waals surface area contributed by atoms with Gasteiger partial charge in [-0.25, -0.2) is 4.98 Å². The van der Waals surface area contributed by atoms with E-state index < -0.39 is 0 Å². The van der Waals surface area contributed by atoms with Crippen LogP contribution >= 0.6 is 0 Å². The molecule has 0 bridgehead atoms. The molecular formula is C16H23N3O. The Hall–Kier alpha value is -1.81. The fraction of sp³-hybridized carbons (Fsp3) is 0.438. The van der Waals surface area contributed by atoms with Crippen LogP contribution < -0.4 is 10.5 Å². The van der Waals surface area contributed by atoms with Crippen LogP contribution in [0.2, 0.25) is 0 Å². The Kier molecular flexibility index (Phi) is 4.45. The molecule has 0 amide bonds. The number of anilines is 1. The van der Waals surface area contributed by atoms with Gasteiger partial charge in [0.05, 0.1) is 12.6 Å². The standard InChI is InChI=1S/C16H23N3O/c1-5-11(2)19(3)10-13-8-12-6-7-14(20-4)9-15(12)18-16(13)17/h6-9,11H,5,10H2,1-4H3,(H2,17,18). The van der Waals surface area contributed by atoms with Crippen molar-refractivity contribution in [2.45, 2.75) is 32.9 Å². The van der Waals surface area contributed by atoms with E-state index in [4.69, 9.17) is 10.5 Å². The normalized spacial score (nSPS) is 12.8. The fourth-order valence-corrected chi connectivity index (χ4v) is 2.20. The fourth-order valence-electron chi connectivity index (χ4n) is 2.20. The van der Waals surface area contributed by atoms with Crippen molar-refractivity contribution in [3.05, 3.63) is 29.8 Å².